The molecule has 0 aliphatic rings. The number of nitrogens with two attached hydrogens (primary N) is 1. The molecule has 1 aromatic heterocycles. The van der Waals surface area contributed by atoms with Crippen LogP contribution in [-0.4, -0.2) is 31.1 Å². The van der Waals surface area contributed by atoms with Crippen LogP contribution in [0.3, 0.4) is 0 Å². The van der Waals surface area contributed by atoms with E-state index in [2.05, 4.69) is 33.2 Å². The van der Waals surface area contributed by atoms with E-state index >= 15 is 0 Å². The molecule has 5 nitrogen and oxygen atoms in total. The number of hydrogen-bond donors (Lipinski definition) is 2. The number of benzene rings is 1. The van der Waals surface area contributed by atoms with Crippen LogP contribution in [-0.2, 0) is 0 Å². The average molecular weight is 257 g/mol. The predicted octanol–water partition coefficient (Wildman–Crippen LogP) is 2.14. The Morgan fingerprint density at radius 2 is 1.95 bits per heavy atom. The van der Waals surface area contributed by atoms with Crippen molar-refractivity contribution < 1.29 is 0 Å². The minimum Gasteiger partial charge on any atom is -0.377 e. The highest BCUT2D eigenvalue weighted by Crippen LogP contribution is 2.29. The maximum atomic E-state index is 5.75. The van der Waals surface area contributed by atoms with Gasteiger partial charge in [0.05, 0.1) is 5.69 Å². The molecule has 0 spiro atoms. The molecule has 0 aliphatic carbocycles. The van der Waals surface area contributed by atoms with Gasteiger partial charge in [0.15, 0.2) is 0 Å². The van der Waals surface area contributed by atoms with Crippen molar-refractivity contribution in [3.63, 3.8) is 0 Å². The van der Waals surface area contributed by atoms with Gasteiger partial charge in [0.1, 0.15) is 5.82 Å². The van der Waals surface area contributed by atoms with E-state index in [1.165, 1.54) is 11.3 Å². The molecule has 0 fully saturated rings. The minimum absolute atomic E-state index is 0.275. The normalized spacial score (nSPS) is 10.3. The van der Waals surface area contributed by atoms with Crippen molar-refractivity contribution in [2.24, 2.45) is 0 Å². The Bertz CT molecular complexity index is 592. The fraction of sp³-hybridized carbons (Fsp3) is 0.286. The van der Waals surface area contributed by atoms with E-state index in [-0.39, 0.29) is 5.95 Å². The molecule has 0 amide bonds. The summed E-state index contributed by atoms with van der Waals surface area (Å²) in [4.78, 5) is 10.5. The highest BCUT2D eigenvalue weighted by molar-refractivity contribution is 5.73. The van der Waals surface area contributed by atoms with Crippen molar-refractivity contribution in [3.8, 4) is 11.3 Å². The van der Waals surface area contributed by atoms with E-state index in [1.54, 1.807) is 0 Å². The number of nitrogens with zero attached hydrogens (tertiary/aromatic N) is 3. The maximum absolute atomic E-state index is 5.75. The zero-order valence-electron chi connectivity index (χ0n) is 11.7. The summed E-state index contributed by atoms with van der Waals surface area (Å²) in [6, 6.07) is 8.05. The molecule has 0 saturated heterocycles. The molecule has 0 aliphatic heterocycles. The van der Waals surface area contributed by atoms with Gasteiger partial charge in [0, 0.05) is 38.5 Å². The number of rotatable bonds is 3. The zero-order valence-corrected chi connectivity index (χ0v) is 11.7. The van der Waals surface area contributed by atoms with Gasteiger partial charge in [-0.1, -0.05) is 12.1 Å². The summed E-state index contributed by atoms with van der Waals surface area (Å²) in [5, 5.41) is 2.99. The molecule has 2 rings (SSSR count). The molecule has 1 heterocycles. The van der Waals surface area contributed by atoms with Crippen LogP contribution in [0, 0.1) is 6.92 Å². The first-order chi connectivity index (χ1) is 9.02. The largest absolute Gasteiger partial charge is 0.377 e. The first-order valence-electron chi connectivity index (χ1n) is 6.12. The molecule has 0 unspecified atom stereocenters. The summed E-state index contributed by atoms with van der Waals surface area (Å²) >= 11 is 0. The number of nitrogens with one attached hydrogen (secondary N) is 1. The van der Waals surface area contributed by atoms with Gasteiger partial charge in [0.25, 0.3) is 0 Å². The first-order valence-corrected chi connectivity index (χ1v) is 6.12. The van der Waals surface area contributed by atoms with Crippen molar-refractivity contribution in [3.05, 3.63) is 29.8 Å². The lowest BCUT2D eigenvalue weighted by atomic mass is 10.0. The molecule has 1 aromatic carbocycles. The van der Waals surface area contributed by atoms with Crippen LogP contribution in [0.5, 0.6) is 0 Å². The number of hydrogen-bond acceptors (Lipinski definition) is 5. The summed E-state index contributed by atoms with van der Waals surface area (Å²) < 4.78 is 0. The van der Waals surface area contributed by atoms with Crippen LogP contribution in [0.25, 0.3) is 11.3 Å². The third-order valence-corrected chi connectivity index (χ3v) is 3.06. The Kier molecular flexibility index (Phi) is 3.55. The minimum atomic E-state index is 0.275. The molecule has 100 valence electrons. The first kappa shape index (κ1) is 13.1. The average Bonchev–Trinajstić information content (AvgIpc) is 2.37. The third-order valence-electron chi connectivity index (χ3n) is 3.06. The van der Waals surface area contributed by atoms with Gasteiger partial charge < -0.3 is 16.0 Å². The van der Waals surface area contributed by atoms with Crippen molar-refractivity contribution in [2.75, 3.05) is 37.1 Å². The molecule has 0 saturated carbocycles. The Morgan fingerprint density at radius 3 is 2.58 bits per heavy atom. The summed E-state index contributed by atoms with van der Waals surface area (Å²) in [5.74, 6) is 0.994. The lowest BCUT2D eigenvalue weighted by Gasteiger charge is -2.18. The summed E-state index contributed by atoms with van der Waals surface area (Å²) in [6.45, 7) is 2.09. The van der Waals surface area contributed by atoms with Gasteiger partial charge in [-0.25, -0.2) is 4.98 Å². The summed E-state index contributed by atoms with van der Waals surface area (Å²) in [6.07, 6.45) is 0. The topological polar surface area (TPSA) is 67.1 Å². The second kappa shape index (κ2) is 5.14. The Labute approximate surface area is 113 Å². The van der Waals surface area contributed by atoms with E-state index in [1.807, 2.05) is 39.3 Å². The van der Waals surface area contributed by atoms with Crippen molar-refractivity contribution in [1.29, 1.82) is 0 Å². The van der Waals surface area contributed by atoms with Gasteiger partial charge in [-0.2, -0.15) is 4.98 Å². The van der Waals surface area contributed by atoms with Crippen LogP contribution in [0.1, 0.15) is 5.56 Å². The molecule has 5 heteroatoms. The van der Waals surface area contributed by atoms with E-state index in [4.69, 9.17) is 5.73 Å². The lowest BCUT2D eigenvalue weighted by molar-refractivity contribution is 1.11. The Hall–Kier alpha value is -2.30. The highest BCUT2D eigenvalue weighted by atomic mass is 15.1. The van der Waals surface area contributed by atoms with E-state index in [9.17, 15) is 0 Å². The fourth-order valence-electron chi connectivity index (χ4n) is 2.12. The van der Waals surface area contributed by atoms with Gasteiger partial charge in [0.2, 0.25) is 5.95 Å². The van der Waals surface area contributed by atoms with Crippen molar-refractivity contribution in [2.45, 2.75) is 6.92 Å². The van der Waals surface area contributed by atoms with Crippen LogP contribution in [0.4, 0.5) is 17.5 Å². The summed E-state index contributed by atoms with van der Waals surface area (Å²) in [5.41, 5.74) is 9.99. The molecule has 0 radical (unpaired) electrons. The standard InChI is InChI=1S/C14H19N5/c1-9-10(6-5-7-12(9)19(3)4)11-8-13(16-2)18-14(15)17-11/h5-8H,1-4H3,(H3,15,16,17,18). The number of nitrogen functional groups attached to an aromatic ring is 1. The molecular weight excluding hydrogens is 238 g/mol. The van der Waals surface area contributed by atoms with Crippen LogP contribution in [0.2, 0.25) is 0 Å². The Morgan fingerprint density at radius 1 is 1.21 bits per heavy atom. The van der Waals surface area contributed by atoms with Crippen molar-refractivity contribution >= 4 is 17.5 Å². The molecule has 2 aromatic rings. The quantitative estimate of drug-likeness (QED) is 0.881. The second-order valence-electron chi connectivity index (χ2n) is 4.59. The molecule has 3 N–H and O–H groups in total. The van der Waals surface area contributed by atoms with Crippen LogP contribution in [0.15, 0.2) is 24.3 Å². The van der Waals surface area contributed by atoms with Gasteiger partial charge >= 0.3 is 0 Å². The molecule has 0 atom stereocenters. The molecular formula is C14H19N5. The number of aromatic nitrogens is 2. The maximum Gasteiger partial charge on any atom is 0.222 e. The molecule has 19 heavy (non-hydrogen) atoms. The highest BCUT2D eigenvalue weighted by Gasteiger charge is 2.10. The second-order valence-corrected chi connectivity index (χ2v) is 4.59. The van der Waals surface area contributed by atoms with Gasteiger partial charge in [-0.15, -0.1) is 0 Å². The number of anilines is 3. The zero-order chi connectivity index (χ0) is 14.0. The smallest absolute Gasteiger partial charge is 0.222 e. The fourth-order valence-corrected chi connectivity index (χ4v) is 2.12. The summed E-state index contributed by atoms with van der Waals surface area (Å²) in [7, 11) is 5.87. The monoisotopic (exact) mass is 257 g/mol. The van der Waals surface area contributed by atoms with Gasteiger partial charge in [-0.05, 0) is 18.6 Å². The van der Waals surface area contributed by atoms with Gasteiger partial charge in [-0.3, -0.25) is 0 Å². The van der Waals surface area contributed by atoms with E-state index in [0.29, 0.717) is 0 Å². The van der Waals surface area contributed by atoms with E-state index in [0.717, 1.165) is 17.1 Å². The van der Waals surface area contributed by atoms with Crippen LogP contribution >= 0.6 is 0 Å². The Balaban J connectivity index is 2.59. The third kappa shape index (κ3) is 2.59. The lowest BCUT2D eigenvalue weighted by Crippen LogP contribution is -2.10. The van der Waals surface area contributed by atoms with Crippen molar-refractivity contribution in [1.82, 2.24) is 9.97 Å². The predicted molar refractivity (Wildman–Crippen MR) is 80.5 cm³/mol. The van der Waals surface area contributed by atoms with Crippen LogP contribution < -0.4 is 16.0 Å². The SMILES string of the molecule is CNc1cc(-c2cccc(N(C)C)c2C)nc(N)n1. The molecule has 0 bridgehead atoms. The van der Waals surface area contributed by atoms with E-state index < -0.39 is 0 Å².